The topological polar surface area (TPSA) is 17.1 Å². The average Bonchev–Trinajstić information content (AvgIpc) is 1.79. The third-order valence-corrected chi connectivity index (χ3v) is 1.91. The number of carbonyl (C=O) groups is 1. The van der Waals surface area contributed by atoms with Crippen molar-refractivity contribution in [3.8, 4) is 0 Å². The van der Waals surface area contributed by atoms with E-state index in [1.165, 1.54) is 19.3 Å². The van der Waals surface area contributed by atoms with Crippen molar-refractivity contribution < 1.29 is 4.79 Å². The first-order valence-corrected chi connectivity index (χ1v) is 3.91. The first-order chi connectivity index (χ1) is 4.39. The van der Waals surface area contributed by atoms with E-state index in [0.29, 0.717) is 5.78 Å². The van der Waals surface area contributed by atoms with Crippen molar-refractivity contribution in [1.82, 2.24) is 0 Å². The molecule has 0 aromatic rings. The Balaban J connectivity index is 0.000000810. The second-order valence-electron chi connectivity index (χ2n) is 2.81. The first kappa shape index (κ1) is 10.7. The van der Waals surface area contributed by atoms with E-state index in [9.17, 15) is 4.79 Å². The van der Waals surface area contributed by atoms with Gasteiger partial charge in [0.2, 0.25) is 0 Å². The molecule has 54 valence electrons. The number of ketones is 1. The van der Waals surface area contributed by atoms with Crippen molar-refractivity contribution in [2.45, 2.75) is 44.9 Å². The average molecular weight is 150 g/mol. The number of carbonyl (C=O) groups excluding carboxylic acids is 1. The number of hydrogen-bond donors (Lipinski definition) is 0. The normalized spacial score (nSPS) is 20.6. The Hall–Kier alpha value is 0.670. The van der Waals surface area contributed by atoms with Crippen molar-refractivity contribution in [2.24, 2.45) is 0 Å². The molecule has 10 heavy (non-hydrogen) atoms. The van der Waals surface area contributed by atoms with E-state index in [1.807, 2.05) is 0 Å². The summed E-state index contributed by atoms with van der Waals surface area (Å²) in [6.07, 6.45) is 7.85. The molecule has 0 aliphatic heterocycles. The molecule has 0 amide bonds. The second-order valence-corrected chi connectivity index (χ2v) is 2.81. The molecule has 0 atom stereocenters. The van der Waals surface area contributed by atoms with Gasteiger partial charge in [-0.2, -0.15) is 0 Å². The van der Waals surface area contributed by atoms with Crippen LogP contribution in [0.15, 0.2) is 0 Å². The molecule has 0 radical (unpaired) electrons. The van der Waals surface area contributed by atoms with Crippen LogP contribution in [0.4, 0.5) is 0 Å². The van der Waals surface area contributed by atoms with Gasteiger partial charge < -0.3 is 0 Å². The van der Waals surface area contributed by atoms with E-state index in [0.717, 1.165) is 25.7 Å². The summed E-state index contributed by atoms with van der Waals surface area (Å²) in [6, 6.07) is 0. The van der Waals surface area contributed by atoms with Gasteiger partial charge in [0.15, 0.2) is 0 Å². The van der Waals surface area contributed by atoms with Crippen LogP contribution in [0.2, 0.25) is 0 Å². The molecule has 1 rings (SSSR count). The number of Topliss-reactive ketones (excluding diaryl/α,β-unsaturated/α-hetero) is 1. The molecule has 0 N–H and O–H groups in total. The fourth-order valence-corrected chi connectivity index (χ4v) is 1.30. The molecule has 0 unspecified atom stereocenters. The molecule has 1 aliphatic carbocycles. The van der Waals surface area contributed by atoms with Crippen molar-refractivity contribution in [1.29, 1.82) is 0 Å². The van der Waals surface area contributed by atoms with Crippen LogP contribution in [0, 0.1) is 0 Å². The minimum absolute atomic E-state index is 0. The van der Waals surface area contributed by atoms with Crippen LogP contribution in [0.3, 0.4) is 0 Å². The summed E-state index contributed by atoms with van der Waals surface area (Å²) in [4.78, 5) is 10.8. The maximum atomic E-state index is 10.8. The van der Waals surface area contributed by atoms with Crippen LogP contribution in [-0.2, 0) is 4.79 Å². The molecule has 0 saturated heterocycles. The summed E-state index contributed by atoms with van der Waals surface area (Å²) in [5.41, 5.74) is 0. The van der Waals surface area contributed by atoms with Crippen LogP contribution >= 0.6 is 0 Å². The zero-order chi connectivity index (χ0) is 6.53. The van der Waals surface area contributed by atoms with Crippen LogP contribution in [0.1, 0.15) is 44.9 Å². The van der Waals surface area contributed by atoms with Gasteiger partial charge in [-0.05, 0) is 12.8 Å². The van der Waals surface area contributed by atoms with Crippen molar-refractivity contribution in [2.75, 3.05) is 0 Å². The third kappa shape index (κ3) is 4.48. The van der Waals surface area contributed by atoms with E-state index in [-0.39, 0.29) is 29.6 Å². The third-order valence-electron chi connectivity index (χ3n) is 1.91. The van der Waals surface area contributed by atoms with Crippen LogP contribution in [0.5, 0.6) is 0 Å². The Labute approximate surface area is 84.9 Å². The Morgan fingerprint density at radius 3 is 1.70 bits per heavy atom. The van der Waals surface area contributed by atoms with Gasteiger partial charge in [-0.15, -0.1) is 0 Å². The zero-order valence-electron chi connectivity index (χ0n) is 5.86. The number of rotatable bonds is 0. The van der Waals surface area contributed by atoms with Gasteiger partial charge in [0, 0.05) is 12.8 Å². The van der Waals surface area contributed by atoms with Crippen LogP contribution < -0.4 is 0 Å². The predicted octanol–water partition coefficient (Wildman–Crippen LogP) is 1.65. The SMILES string of the molecule is O=C1CCCCCCC1.[NaH]. The summed E-state index contributed by atoms with van der Waals surface area (Å²) < 4.78 is 0. The van der Waals surface area contributed by atoms with E-state index in [4.69, 9.17) is 0 Å². The first-order valence-electron chi connectivity index (χ1n) is 3.91. The Bertz CT molecular complexity index is 91.4. The van der Waals surface area contributed by atoms with Gasteiger partial charge in [0.05, 0.1) is 0 Å². The van der Waals surface area contributed by atoms with Crippen molar-refractivity contribution in [3.63, 3.8) is 0 Å². The van der Waals surface area contributed by atoms with Crippen LogP contribution in [0.25, 0.3) is 0 Å². The minimum atomic E-state index is 0. The fraction of sp³-hybridized carbons (Fsp3) is 0.875. The molecule has 0 heterocycles. The molecule has 0 aromatic carbocycles. The Kier molecular flexibility index (Phi) is 6.81. The standard InChI is InChI=1S/C8H14O.Na.H/c9-8-6-4-2-1-3-5-7-8;;/h1-7H2;;. The maximum absolute atomic E-state index is 10.8. The summed E-state index contributed by atoms with van der Waals surface area (Å²) >= 11 is 0. The quantitative estimate of drug-likeness (QED) is 0.480. The molecular formula is C8H15NaO. The van der Waals surface area contributed by atoms with Crippen molar-refractivity contribution >= 4 is 35.3 Å². The second kappa shape index (κ2) is 6.38. The molecule has 1 aliphatic rings. The summed E-state index contributed by atoms with van der Waals surface area (Å²) in [5, 5.41) is 0. The van der Waals surface area contributed by atoms with Crippen molar-refractivity contribution in [3.05, 3.63) is 0 Å². The molecule has 0 aromatic heterocycles. The monoisotopic (exact) mass is 150 g/mol. The van der Waals surface area contributed by atoms with Gasteiger partial charge >= 0.3 is 29.6 Å². The van der Waals surface area contributed by atoms with Gasteiger partial charge in [-0.25, -0.2) is 0 Å². The molecule has 1 saturated carbocycles. The molecular weight excluding hydrogens is 135 g/mol. The Morgan fingerprint density at radius 1 is 0.800 bits per heavy atom. The molecule has 0 bridgehead atoms. The molecule has 1 nitrogen and oxygen atoms in total. The summed E-state index contributed by atoms with van der Waals surface area (Å²) in [5.74, 6) is 0.481. The van der Waals surface area contributed by atoms with Gasteiger partial charge in [0.25, 0.3) is 0 Å². The number of hydrogen-bond acceptors (Lipinski definition) is 1. The van der Waals surface area contributed by atoms with Gasteiger partial charge in [-0.1, -0.05) is 19.3 Å². The Morgan fingerprint density at radius 2 is 1.20 bits per heavy atom. The van der Waals surface area contributed by atoms with E-state index >= 15 is 0 Å². The van der Waals surface area contributed by atoms with E-state index < -0.39 is 0 Å². The van der Waals surface area contributed by atoms with E-state index in [2.05, 4.69) is 0 Å². The molecule has 1 fully saturated rings. The fourth-order valence-electron chi connectivity index (χ4n) is 1.30. The summed E-state index contributed by atoms with van der Waals surface area (Å²) in [6.45, 7) is 0. The summed E-state index contributed by atoms with van der Waals surface area (Å²) in [7, 11) is 0. The molecule has 0 spiro atoms. The molecule has 2 heteroatoms. The predicted molar refractivity (Wildman–Crippen MR) is 44.5 cm³/mol. The van der Waals surface area contributed by atoms with Gasteiger partial charge in [0.1, 0.15) is 5.78 Å². The van der Waals surface area contributed by atoms with E-state index in [1.54, 1.807) is 0 Å². The van der Waals surface area contributed by atoms with Gasteiger partial charge in [-0.3, -0.25) is 4.79 Å². The zero-order valence-corrected chi connectivity index (χ0v) is 5.86. The van der Waals surface area contributed by atoms with Crippen LogP contribution in [-0.4, -0.2) is 35.3 Å².